The summed E-state index contributed by atoms with van der Waals surface area (Å²) in [6.45, 7) is 5.45. The first-order valence-corrected chi connectivity index (χ1v) is 9.94. The lowest BCUT2D eigenvalue weighted by Gasteiger charge is -2.35. The van der Waals surface area contributed by atoms with Crippen LogP contribution in [0, 0.1) is 11.3 Å². The summed E-state index contributed by atoms with van der Waals surface area (Å²) < 4.78 is 15.8. The van der Waals surface area contributed by atoms with Crippen molar-refractivity contribution in [1.82, 2.24) is 0 Å². The molecule has 0 radical (unpaired) electrons. The Labute approximate surface area is 179 Å². The van der Waals surface area contributed by atoms with E-state index in [1.807, 2.05) is 6.07 Å². The van der Waals surface area contributed by atoms with Crippen LogP contribution in [0.4, 0.5) is 5.69 Å². The van der Waals surface area contributed by atoms with Gasteiger partial charge in [0.05, 0.1) is 13.2 Å². The maximum absolute atomic E-state index is 13.8. The van der Waals surface area contributed by atoms with Crippen molar-refractivity contribution in [3.05, 3.63) is 52.6 Å². The van der Waals surface area contributed by atoms with Crippen molar-refractivity contribution in [2.24, 2.45) is 5.73 Å². The number of nitriles is 1. The lowest BCUT2D eigenvalue weighted by molar-refractivity contribution is -0.143. The quantitative estimate of drug-likeness (QED) is 0.682. The highest BCUT2D eigenvalue weighted by atomic mass is 16.5. The average molecular weight is 425 g/mol. The number of hydrogen-bond donors (Lipinski definition) is 1. The molecule has 31 heavy (non-hydrogen) atoms. The van der Waals surface area contributed by atoms with Gasteiger partial charge in [0, 0.05) is 17.8 Å². The molecule has 2 N–H and O–H groups in total. The van der Waals surface area contributed by atoms with Gasteiger partial charge in [-0.05, 0) is 26.8 Å². The standard InChI is InChI=1S/C22H23N3O6/c1-4-25-15-10-8-7-9-13(15)22(21(25)28)14(12-23)19(24)31-16(11-17(26)29-5-2)18(22)20(27)30-6-3/h7-10H,4-6,11,24H2,1-3H3/t22-/m1/s1. The van der Waals surface area contributed by atoms with Gasteiger partial charge in [-0.2, -0.15) is 5.26 Å². The average Bonchev–Trinajstić information content (AvgIpc) is 2.97. The second kappa shape index (κ2) is 8.52. The van der Waals surface area contributed by atoms with Crippen molar-refractivity contribution in [2.75, 3.05) is 24.7 Å². The Morgan fingerprint density at radius 1 is 1.19 bits per heavy atom. The summed E-state index contributed by atoms with van der Waals surface area (Å²) in [4.78, 5) is 40.7. The van der Waals surface area contributed by atoms with E-state index in [2.05, 4.69) is 0 Å². The maximum Gasteiger partial charge on any atom is 0.339 e. The number of benzene rings is 1. The molecule has 2 aliphatic rings. The van der Waals surface area contributed by atoms with Gasteiger partial charge in [-0.3, -0.25) is 9.59 Å². The normalized spacial score (nSPS) is 19.8. The lowest BCUT2D eigenvalue weighted by Crippen LogP contribution is -2.48. The molecule has 1 amide bonds. The number of amides is 1. The van der Waals surface area contributed by atoms with E-state index in [1.165, 1.54) is 4.90 Å². The van der Waals surface area contributed by atoms with E-state index in [0.717, 1.165) is 0 Å². The highest BCUT2D eigenvalue weighted by molar-refractivity contribution is 6.18. The first-order chi connectivity index (χ1) is 14.9. The number of likely N-dealkylation sites (N-methyl/N-ethyl adjacent to an activating group) is 1. The van der Waals surface area contributed by atoms with Crippen LogP contribution in [0.5, 0.6) is 0 Å². The molecule has 2 heterocycles. The number of para-hydroxylation sites is 1. The monoisotopic (exact) mass is 425 g/mol. The van der Waals surface area contributed by atoms with Gasteiger partial charge in [-0.15, -0.1) is 0 Å². The Hall–Kier alpha value is -3.80. The molecule has 9 nitrogen and oxygen atoms in total. The van der Waals surface area contributed by atoms with Gasteiger partial charge in [0.25, 0.3) is 0 Å². The van der Waals surface area contributed by atoms with Crippen molar-refractivity contribution in [1.29, 1.82) is 5.26 Å². The summed E-state index contributed by atoms with van der Waals surface area (Å²) in [6, 6.07) is 8.77. The van der Waals surface area contributed by atoms with E-state index in [9.17, 15) is 19.6 Å². The highest BCUT2D eigenvalue weighted by Gasteiger charge is 2.62. The lowest BCUT2D eigenvalue weighted by atomic mass is 9.68. The molecule has 0 aliphatic carbocycles. The fourth-order valence-electron chi connectivity index (χ4n) is 4.08. The van der Waals surface area contributed by atoms with Gasteiger partial charge >= 0.3 is 11.9 Å². The van der Waals surface area contributed by atoms with Crippen LogP contribution >= 0.6 is 0 Å². The fourth-order valence-corrected chi connectivity index (χ4v) is 4.08. The van der Waals surface area contributed by atoms with Crippen LogP contribution in [0.3, 0.4) is 0 Å². The van der Waals surface area contributed by atoms with Gasteiger partial charge in [0.1, 0.15) is 29.4 Å². The summed E-state index contributed by atoms with van der Waals surface area (Å²) in [5.74, 6) is -2.61. The van der Waals surface area contributed by atoms with Crippen molar-refractivity contribution in [3.8, 4) is 6.07 Å². The first kappa shape index (κ1) is 21.9. The van der Waals surface area contributed by atoms with Gasteiger partial charge in [-0.25, -0.2) is 4.79 Å². The molecule has 9 heteroatoms. The molecule has 1 atom stereocenters. The smallest absolute Gasteiger partial charge is 0.339 e. The Morgan fingerprint density at radius 3 is 2.48 bits per heavy atom. The third-order valence-corrected chi connectivity index (χ3v) is 5.19. The van der Waals surface area contributed by atoms with Crippen LogP contribution < -0.4 is 10.6 Å². The number of ether oxygens (including phenoxy) is 3. The molecular formula is C22H23N3O6. The predicted molar refractivity (Wildman–Crippen MR) is 109 cm³/mol. The molecule has 0 unspecified atom stereocenters. The summed E-state index contributed by atoms with van der Waals surface area (Å²) in [6.07, 6.45) is -0.454. The summed E-state index contributed by atoms with van der Waals surface area (Å²) in [5.41, 5.74) is 4.65. The number of esters is 2. The van der Waals surface area contributed by atoms with Crippen LogP contribution in [0.1, 0.15) is 32.8 Å². The zero-order chi connectivity index (χ0) is 22.8. The van der Waals surface area contributed by atoms with E-state index in [4.69, 9.17) is 19.9 Å². The number of rotatable bonds is 6. The zero-order valence-corrected chi connectivity index (χ0v) is 17.6. The predicted octanol–water partition coefficient (Wildman–Crippen LogP) is 1.79. The Morgan fingerprint density at radius 2 is 1.87 bits per heavy atom. The number of nitrogens with zero attached hydrogens (tertiary/aromatic N) is 2. The molecule has 0 saturated carbocycles. The minimum Gasteiger partial charge on any atom is -0.466 e. The molecular weight excluding hydrogens is 402 g/mol. The fraction of sp³-hybridized carbons (Fsp3) is 0.364. The molecule has 0 bridgehead atoms. The number of hydrogen-bond acceptors (Lipinski definition) is 8. The number of carbonyl (C=O) groups is 3. The van der Waals surface area contributed by atoms with E-state index in [1.54, 1.807) is 45.0 Å². The van der Waals surface area contributed by atoms with Gasteiger partial charge < -0.3 is 24.8 Å². The van der Waals surface area contributed by atoms with E-state index >= 15 is 0 Å². The third-order valence-electron chi connectivity index (χ3n) is 5.19. The number of carbonyl (C=O) groups excluding carboxylic acids is 3. The molecule has 0 aromatic heterocycles. The summed E-state index contributed by atoms with van der Waals surface area (Å²) in [7, 11) is 0. The zero-order valence-electron chi connectivity index (χ0n) is 17.6. The van der Waals surface area contributed by atoms with E-state index in [0.29, 0.717) is 17.8 Å². The van der Waals surface area contributed by atoms with Crippen LogP contribution in [0.15, 0.2) is 47.1 Å². The van der Waals surface area contributed by atoms with Gasteiger partial charge in [0.15, 0.2) is 5.41 Å². The summed E-state index contributed by atoms with van der Waals surface area (Å²) >= 11 is 0. The number of fused-ring (bicyclic) bond motifs is 2. The second-order valence-electron chi connectivity index (χ2n) is 6.77. The largest absolute Gasteiger partial charge is 0.466 e. The number of anilines is 1. The van der Waals surface area contributed by atoms with Gasteiger partial charge in [-0.1, -0.05) is 18.2 Å². The SMILES string of the molecule is CCOC(=O)CC1=C(C(=O)OCC)[C@]2(C(=O)N(CC)c3ccccc32)C(C#N)=C(N)O1. The van der Waals surface area contributed by atoms with Crippen LogP contribution in [0.2, 0.25) is 0 Å². The van der Waals surface area contributed by atoms with Gasteiger partial charge in [0.2, 0.25) is 11.8 Å². The summed E-state index contributed by atoms with van der Waals surface area (Å²) in [5, 5.41) is 9.97. The topological polar surface area (TPSA) is 132 Å². The molecule has 162 valence electrons. The van der Waals surface area contributed by atoms with E-state index in [-0.39, 0.29) is 36.0 Å². The highest BCUT2D eigenvalue weighted by Crippen LogP contribution is 2.54. The maximum atomic E-state index is 13.8. The molecule has 1 aromatic rings. The second-order valence-corrected chi connectivity index (χ2v) is 6.77. The van der Waals surface area contributed by atoms with E-state index < -0.39 is 29.7 Å². The minimum atomic E-state index is -1.88. The van der Waals surface area contributed by atoms with Crippen LogP contribution in [-0.2, 0) is 34.0 Å². The Kier molecular flexibility index (Phi) is 6.02. The number of nitrogens with two attached hydrogens (primary N) is 1. The first-order valence-electron chi connectivity index (χ1n) is 9.94. The molecule has 3 rings (SSSR count). The van der Waals surface area contributed by atoms with Crippen molar-refractivity contribution >= 4 is 23.5 Å². The Bertz CT molecular complexity index is 1050. The minimum absolute atomic E-state index is 0.0134. The van der Waals surface area contributed by atoms with Crippen molar-refractivity contribution in [3.63, 3.8) is 0 Å². The molecule has 1 aromatic carbocycles. The molecule has 2 aliphatic heterocycles. The molecule has 1 spiro atoms. The van der Waals surface area contributed by atoms with Crippen LogP contribution in [0.25, 0.3) is 0 Å². The molecule has 0 saturated heterocycles. The van der Waals surface area contributed by atoms with Crippen molar-refractivity contribution < 1.29 is 28.6 Å². The third kappa shape index (κ3) is 3.20. The molecule has 0 fully saturated rings. The Balaban J connectivity index is 2.39. The van der Waals surface area contributed by atoms with Crippen LogP contribution in [-0.4, -0.2) is 37.6 Å². The van der Waals surface area contributed by atoms with Crippen molar-refractivity contribution in [2.45, 2.75) is 32.6 Å².